The second-order valence-corrected chi connectivity index (χ2v) is 42.0. The lowest BCUT2D eigenvalue weighted by molar-refractivity contribution is -0.150. The van der Waals surface area contributed by atoms with E-state index in [2.05, 4.69) is 39.4 Å². The van der Waals surface area contributed by atoms with Crippen LogP contribution in [0.2, 0.25) is 0 Å². The minimum Gasteiger partial charge on any atom is -0.493 e. The lowest BCUT2D eigenvalue weighted by Gasteiger charge is -2.41. The molecule has 35 nitrogen and oxygen atoms in total. The van der Waals surface area contributed by atoms with Gasteiger partial charge in [-0.25, -0.2) is 0 Å². The quantitative estimate of drug-likeness (QED) is 0.0232. The van der Waals surface area contributed by atoms with E-state index in [1.807, 2.05) is 102 Å². The summed E-state index contributed by atoms with van der Waals surface area (Å²) < 4.78 is 47.1. The third-order valence-electron chi connectivity index (χ3n) is 28.2. The van der Waals surface area contributed by atoms with Gasteiger partial charge < -0.3 is 93.5 Å². The maximum Gasteiger partial charge on any atom is 0.309 e. The number of fused-ring (bicyclic) bond motifs is 4. The van der Waals surface area contributed by atoms with E-state index in [-0.39, 0.29) is 241 Å². The maximum atomic E-state index is 15.0. The first kappa shape index (κ1) is 117. The number of hydrogen-bond acceptors (Lipinski definition) is 26. The topological polar surface area (TPSA) is 413 Å². The van der Waals surface area contributed by atoms with E-state index >= 15 is 0 Å². The van der Waals surface area contributed by atoms with Crippen molar-refractivity contribution in [3.8, 4) is 17.2 Å². The van der Waals surface area contributed by atoms with Gasteiger partial charge >= 0.3 is 5.97 Å². The number of ketones is 3. The number of aryl methyl sites for hydroxylation is 1. The van der Waals surface area contributed by atoms with Crippen molar-refractivity contribution in [1.82, 2.24) is 50.7 Å². The molecule has 37 heteroatoms. The van der Waals surface area contributed by atoms with E-state index < -0.39 is 71.9 Å². The highest BCUT2D eigenvalue weighted by molar-refractivity contribution is 8.19. The zero-order valence-corrected chi connectivity index (χ0v) is 88.8. The molecule has 4 fully saturated rings. The molecule has 6 heterocycles. The number of Topliss-reactive ketones (excluding diaryl/α,β-unsaturated/α-hetero) is 3. The fraction of sp³-hybridized carbons (Fsp3) is 0.645. The van der Waals surface area contributed by atoms with Gasteiger partial charge in [0.05, 0.1) is 149 Å². The lowest BCUT2D eigenvalue weighted by Crippen LogP contribution is -2.54. The Hall–Kier alpha value is -10.6. The predicted octanol–water partition coefficient (Wildman–Crippen LogP) is 10.9. The van der Waals surface area contributed by atoms with E-state index in [1.165, 1.54) is 38.2 Å². The van der Waals surface area contributed by atoms with Crippen molar-refractivity contribution >= 4 is 129 Å². The van der Waals surface area contributed by atoms with Crippen LogP contribution in [-0.2, 0) is 92.4 Å². The molecule has 4 N–H and O–H groups in total. The number of nitrogens with zero attached hydrogens (tertiary/aromatic N) is 8. The summed E-state index contributed by atoms with van der Waals surface area (Å²) in [6.45, 7) is 27.6. The largest absolute Gasteiger partial charge is 0.493 e. The Balaban J connectivity index is 0.660. The fourth-order valence-corrected chi connectivity index (χ4v) is 22.5. The van der Waals surface area contributed by atoms with Gasteiger partial charge in [0.2, 0.25) is 53.2 Å². The number of rotatable bonds is 62. The smallest absolute Gasteiger partial charge is 0.309 e. The molecule has 0 aromatic heterocycles. The number of anilines is 1. The maximum absolute atomic E-state index is 15.0. The summed E-state index contributed by atoms with van der Waals surface area (Å²) in [6.07, 6.45) is 6.44. The van der Waals surface area contributed by atoms with Crippen molar-refractivity contribution in [1.29, 1.82) is 0 Å². The normalized spacial score (nSPS) is 18.3. The molecule has 9 rings (SSSR count). The third-order valence-corrected chi connectivity index (χ3v) is 31.0. The van der Waals surface area contributed by atoms with Crippen LogP contribution in [-0.4, -0.2) is 330 Å². The van der Waals surface area contributed by atoms with Crippen molar-refractivity contribution in [3.63, 3.8) is 0 Å². The van der Waals surface area contributed by atoms with Crippen LogP contribution in [0, 0.1) is 42.4 Å². The summed E-state index contributed by atoms with van der Waals surface area (Å²) in [5.41, 5.74) is 5.41. The molecule has 2 unspecified atom stereocenters. The van der Waals surface area contributed by atoms with E-state index in [4.69, 9.17) is 37.9 Å². The number of esters is 1. The molecule has 794 valence electrons. The molecule has 144 heavy (non-hydrogen) atoms. The first-order chi connectivity index (χ1) is 68.9. The zero-order valence-electron chi connectivity index (χ0n) is 87.2. The molecule has 3 aromatic rings. The Morgan fingerprint density at radius 3 is 1.90 bits per heavy atom. The minimum absolute atomic E-state index is 0.00537. The average Bonchev–Trinajstić information content (AvgIpc) is 1.60. The van der Waals surface area contributed by atoms with Gasteiger partial charge in [0.15, 0.2) is 23.1 Å². The number of thioether (sulfide) groups is 2. The molecule has 0 saturated carbocycles. The number of hydrogen-bond donors (Lipinski definition) is 4. The number of likely N-dealkylation sites (tertiary alicyclic amines) is 1. The summed E-state index contributed by atoms with van der Waals surface area (Å²) >= 11 is 3.25. The molecular weight excluding hydrogens is 1890 g/mol. The standard InChI is InChI=1S/C107H156N12O23S2/c1-18-71(8)101(91(136-15)60-99(129)116-42-28-31-83(116)102(137-16)73(10)86(121)55-76(107(134)138-17)54-75-29-21-19-22-30-75)114(13)104(131)79(67(2)3)56-87(122)100(68(4)5)113(12)96(126)33-24-23-32-85(120)74(11)112-95(125)37-47-139-49-40-108-93(123)35-43-115(97(127)34-27-39-110-103(130)92-65-143-66-144-92)44-36-94(124)109-41-50-140-48-38-98(128)119-64-78-52-70(7)63-118(78)106(133)81-57-89(135-14)90(59-84(81)119)142-46-26-20-25-45-141-88-58-82-80(53-72(88)9)105(132)117-62-69(6)51-77(117)61-111-82/h19,21-22,29-30,53,57-59,61,67-68,71,73-74,76-79,83,91-92,100-102H,6-7,18,20,23-28,31-52,54-56,60,62-66H2,1-5,8-17H3,(H,108,123)(H,109,124)(H,110,130)(H,112,125)/t71-,73-,74?,76+,77-,78-,79-,83-,91+,92?,100-,101-,102+/m0/s1. The molecule has 3 aromatic carbocycles. The Bertz CT molecular complexity index is 4950. The minimum atomic E-state index is -0.870. The van der Waals surface area contributed by atoms with Crippen LogP contribution >= 0.6 is 23.5 Å². The van der Waals surface area contributed by atoms with Gasteiger partial charge in [0, 0.05) is 180 Å². The number of unbranched alkanes of at least 4 members (excludes halogenated alkanes) is 3. The van der Waals surface area contributed by atoms with Crippen LogP contribution in [0.1, 0.15) is 222 Å². The summed E-state index contributed by atoms with van der Waals surface area (Å²) in [5, 5.41) is 11.9. The number of carbonyl (C=O) groups excluding carboxylic acids is 15. The molecule has 6 aliphatic heterocycles. The van der Waals surface area contributed by atoms with Crippen LogP contribution in [0.5, 0.6) is 17.2 Å². The number of aliphatic imine (C=N–C) groups is 1. The van der Waals surface area contributed by atoms with E-state index in [9.17, 15) is 71.9 Å². The molecule has 0 radical (unpaired) electrons. The van der Waals surface area contributed by atoms with Gasteiger partial charge in [-0.05, 0) is 125 Å². The molecule has 4 saturated heterocycles. The number of nitrogens with one attached hydrogen (secondary N) is 4. The van der Waals surface area contributed by atoms with Crippen molar-refractivity contribution in [2.45, 2.75) is 257 Å². The summed E-state index contributed by atoms with van der Waals surface area (Å²) in [7, 11) is 9.10. The summed E-state index contributed by atoms with van der Waals surface area (Å²) in [5.74, 6) is -5.13. The van der Waals surface area contributed by atoms with Crippen molar-refractivity contribution < 1.29 is 110 Å². The Kier molecular flexibility index (Phi) is 47.6. The van der Waals surface area contributed by atoms with Gasteiger partial charge in [0.25, 0.3) is 11.8 Å². The first-order valence-electron chi connectivity index (χ1n) is 51.1. The molecule has 0 spiro atoms. The number of methoxy groups -OCH3 is 4. The van der Waals surface area contributed by atoms with Crippen LogP contribution in [0.25, 0.3) is 0 Å². The van der Waals surface area contributed by atoms with Crippen LogP contribution < -0.4 is 40.4 Å². The van der Waals surface area contributed by atoms with Gasteiger partial charge in [-0.3, -0.25) is 76.9 Å². The Morgan fingerprint density at radius 2 is 1.26 bits per heavy atom. The highest BCUT2D eigenvalue weighted by atomic mass is 32.2. The van der Waals surface area contributed by atoms with Crippen molar-refractivity contribution in [3.05, 3.63) is 101 Å². The van der Waals surface area contributed by atoms with Crippen LogP contribution in [0.3, 0.4) is 0 Å². The first-order valence-corrected chi connectivity index (χ1v) is 53.3. The van der Waals surface area contributed by atoms with Gasteiger partial charge in [-0.1, -0.05) is 110 Å². The lowest BCUT2D eigenvalue weighted by atomic mass is 9.83. The summed E-state index contributed by atoms with van der Waals surface area (Å²) in [6, 6.07) is 13.2. The Labute approximate surface area is 858 Å². The molecule has 13 atom stereocenters. The SMILES string of the molecule is C=C1C[C@H]2CN(C(=O)CCOCCNC(=O)CCN(CCC(=O)NCCOCCC(=O)NC(C)C(=O)CCCCC(=O)N(C)[C@H](C(=O)C[C@H](C(=O)N(C)[C@@H]([C@@H](C)CC)[C@@H](CC(=O)N3CCC[C@H]3[C@H](OC)[C@@H](C)C(=O)C[C@@H](Cc3ccccc3)C(=O)OC)OC)C(C)C)C(C)C)C(=O)CCCNC(=O)C3CSCS3)c3cc(OCCCCCOc4cc5c(cc4C)C(=O)N4CC(=C)C[C@H]4C=N5)c(OC)cc3C(=O)N2C1. The van der Waals surface area contributed by atoms with Crippen LogP contribution in [0.4, 0.5) is 11.4 Å². The molecule has 0 bridgehead atoms. The highest BCUT2D eigenvalue weighted by Crippen LogP contribution is 2.43. The number of carbonyl (C=O) groups is 15. The monoisotopic (exact) mass is 2040 g/mol. The fourth-order valence-electron chi connectivity index (χ4n) is 19.8. The number of ether oxygens (including phenoxy) is 8. The van der Waals surface area contributed by atoms with E-state index in [1.54, 1.807) is 83.2 Å². The third kappa shape index (κ3) is 33.7. The number of benzene rings is 3. The van der Waals surface area contributed by atoms with Gasteiger partial charge in [0.1, 0.15) is 11.5 Å². The van der Waals surface area contributed by atoms with Crippen molar-refractivity contribution in [2.24, 2.45) is 40.5 Å². The van der Waals surface area contributed by atoms with Crippen LogP contribution in [0.15, 0.2) is 83.9 Å². The molecule has 6 aliphatic rings. The highest BCUT2D eigenvalue weighted by Gasteiger charge is 2.46. The van der Waals surface area contributed by atoms with E-state index in [0.29, 0.717) is 143 Å². The molecule has 11 amide bonds. The Morgan fingerprint density at radius 1 is 0.611 bits per heavy atom. The van der Waals surface area contributed by atoms with Crippen molar-refractivity contribution in [2.75, 3.05) is 157 Å². The van der Waals surface area contributed by atoms with E-state index in [0.717, 1.165) is 33.8 Å². The zero-order chi connectivity index (χ0) is 105. The van der Waals surface area contributed by atoms with Gasteiger partial charge in [-0.2, -0.15) is 0 Å². The predicted molar refractivity (Wildman–Crippen MR) is 552 cm³/mol. The van der Waals surface area contributed by atoms with Gasteiger partial charge in [-0.15, -0.1) is 23.5 Å². The summed E-state index contributed by atoms with van der Waals surface area (Å²) in [4.78, 5) is 223. The second kappa shape index (κ2) is 58.7. The molecule has 0 aliphatic carbocycles. The number of amides is 11. The molecular formula is C107H156N12O23S2. The second-order valence-electron chi connectivity index (χ2n) is 39.4. The average molecular weight is 2040 g/mol. The number of likely N-dealkylation sites (N-methyl/N-ethyl adjacent to an activating group) is 2.